The Kier molecular flexibility index (Phi) is 4.25. The smallest absolute Gasteiger partial charge is 0.255 e. The van der Waals surface area contributed by atoms with Crippen molar-refractivity contribution in [2.45, 2.75) is 6.42 Å². The van der Waals surface area contributed by atoms with Gasteiger partial charge in [-0.25, -0.2) is 0 Å². The number of aromatic nitrogens is 1. The first-order valence-corrected chi connectivity index (χ1v) is 5.34. The van der Waals surface area contributed by atoms with E-state index >= 15 is 0 Å². The van der Waals surface area contributed by atoms with Crippen LogP contribution in [-0.4, -0.2) is 10.3 Å². The fourth-order valence-corrected chi connectivity index (χ4v) is 1.31. The van der Waals surface area contributed by atoms with Crippen LogP contribution in [0.15, 0.2) is 23.1 Å². The van der Waals surface area contributed by atoms with E-state index in [1.54, 1.807) is 12.1 Å². The lowest BCUT2D eigenvalue weighted by Crippen LogP contribution is -2.07. The molecule has 0 saturated carbocycles. The van der Waals surface area contributed by atoms with Crippen molar-refractivity contribution >= 4 is 33.6 Å². The molecule has 1 heterocycles. The van der Waals surface area contributed by atoms with Crippen molar-refractivity contribution in [3.8, 4) is 0 Å². The maximum absolute atomic E-state index is 11.2. The minimum atomic E-state index is -0.116. The molecule has 1 N–H and O–H groups in total. The quantitative estimate of drug-likeness (QED) is 0.835. The second kappa shape index (κ2) is 5.25. The summed E-state index contributed by atoms with van der Waals surface area (Å²) in [5.41, 5.74) is 0.476. The first-order chi connectivity index (χ1) is 6.24. The number of halogens is 2. The lowest BCUT2D eigenvalue weighted by molar-refractivity contribution is 1.22. The van der Waals surface area contributed by atoms with Gasteiger partial charge in [0.05, 0.1) is 5.02 Å². The van der Waals surface area contributed by atoms with Gasteiger partial charge in [0, 0.05) is 17.1 Å². The van der Waals surface area contributed by atoms with Gasteiger partial charge in [-0.3, -0.25) is 4.79 Å². The summed E-state index contributed by atoms with van der Waals surface area (Å²) in [5.74, 6) is 0. The molecule has 2 nitrogen and oxygen atoms in total. The molecule has 0 aliphatic rings. The Hall–Kier alpha value is -0.540. The highest BCUT2D eigenvalue weighted by atomic mass is 79.9. The minimum Gasteiger partial charge on any atom is -0.327 e. The standard InChI is InChI=1S/C9H9BrClNO/c10-4-2-1-3-7-5-8(11)6-12-9(7)13/h1,3,5-6H,2,4H2,(H,12,13). The highest BCUT2D eigenvalue weighted by Crippen LogP contribution is 2.06. The summed E-state index contributed by atoms with van der Waals surface area (Å²) >= 11 is 9.01. The molecular weight excluding hydrogens is 253 g/mol. The Bertz CT molecular complexity index is 359. The van der Waals surface area contributed by atoms with E-state index in [0.717, 1.165) is 11.8 Å². The van der Waals surface area contributed by atoms with Crippen LogP contribution >= 0.6 is 27.5 Å². The summed E-state index contributed by atoms with van der Waals surface area (Å²) in [4.78, 5) is 13.7. The highest BCUT2D eigenvalue weighted by Gasteiger charge is 1.94. The van der Waals surface area contributed by atoms with Crippen LogP contribution in [0.2, 0.25) is 5.02 Å². The molecular formula is C9H9BrClNO. The average Bonchev–Trinajstić information content (AvgIpc) is 2.11. The fourth-order valence-electron chi connectivity index (χ4n) is 0.871. The van der Waals surface area contributed by atoms with Crippen molar-refractivity contribution in [1.82, 2.24) is 4.98 Å². The Morgan fingerprint density at radius 3 is 3.08 bits per heavy atom. The van der Waals surface area contributed by atoms with Gasteiger partial charge in [0.1, 0.15) is 0 Å². The van der Waals surface area contributed by atoms with Crippen molar-refractivity contribution in [1.29, 1.82) is 0 Å². The molecule has 70 valence electrons. The number of hydrogen-bond acceptors (Lipinski definition) is 1. The molecule has 0 radical (unpaired) electrons. The first-order valence-electron chi connectivity index (χ1n) is 3.85. The maximum Gasteiger partial charge on any atom is 0.255 e. The van der Waals surface area contributed by atoms with E-state index in [9.17, 15) is 4.79 Å². The Morgan fingerprint density at radius 1 is 1.62 bits per heavy atom. The zero-order chi connectivity index (χ0) is 9.68. The highest BCUT2D eigenvalue weighted by molar-refractivity contribution is 9.09. The van der Waals surface area contributed by atoms with Crippen LogP contribution in [0.3, 0.4) is 0 Å². The number of rotatable bonds is 3. The lowest BCUT2D eigenvalue weighted by atomic mass is 10.2. The fraction of sp³-hybridized carbons (Fsp3) is 0.222. The third kappa shape index (κ3) is 3.36. The van der Waals surface area contributed by atoms with E-state index in [2.05, 4.69) is 20.9 Å². The molecule has 0 bridgehead atoms. The van der Waals surface area contributed by atoms with E-state index in [0.29, 0.717) is 10.6 Å². The SMILES string of the molecule is O=c1[nH]cc(Cl)cc1C=CCCBr. The molecule has 0 amide bonds. The number of allylic oxidation sites excluding steroid dienone is 1. The molecule has 1 aromatic heterocycles. The number of nitrogens with one attached hydrogen (secondary N) is 1. The normalized spacial score (nSPS) is 10.9. The van der Waals surface area contributed by atoms with E-state index < -0.39 is 0 Å². The predicted molar refractivity (Wildman–Crippen MR) is 59.5 cm³/mol. The number of aromatic amines is 1. The molecule has 0 spiro atoms. The van der Waals surface area contributed by atoms with Crippen LogP contribution in [-0.2, 0) is 0 Å². The second-order valence-electron chi connectivity index (χ2n) is 2.48. The molecule has 0 unspecified atom stereocenters. The first kappa shape index (κ1) is 10.5. The van der Waals surface area contributed by atoms with Gasteiger partial charge in [0.15, 0.2) is 0 Å². The molecule has 0 atom stereocenters. The summed E-state index contributed by atoms with van der Waals surface area (Å²) in [6.45, 7) is 0. The van der Waals surface area contributed by atoms with Crippen LogP contribution in [0.1, 0.15) is 12.0 Å². The lowest BCUT2D eigenvalue weighted by Gasteiger charge is -1.92. The minimum absolute atomic E-state index is 0.116. The summed E-state index contributed by atoms with van der Waals surface area (Å²) in [5, 5.41) is 1.43. The van der Waals surface area contributed by atoms with E-state index in [-0.39, 0.29) is 5.56 Å². The van der Waals surface area contributed by atoms with Crippen LogP contribution in [0, 0.1) is 0 Å². The molecule has 1 rings (SSSR count). The Morgan fingerprint density at radius 2 is 2.38 bits per heavy atom. The monoisotopic (exact) mass is 261 g/mol. The number of alkyl halides is 1. The zero-order valence-corrected chi connectivity index (χ0v) is 9.23. The van der Waals surface area contributed by atoms with Crippen LogP contribution in [0.25, 0.3) is 6.08 Å². The van der Waals surface area contributed by atoms with Crippen LogP contribution in [0.5, 0.6) is 0 Å². The molecule has 0 fully saturated rings. The van der Waals surface area contributed by atoms with Gasteiger partial charge in [-0.05, 0) is 12.5 Å². The largest absolute Gasteiger partial charge is 0.327 e. The molecule has 0 aliphatic heterocycles. The van der Waals surface area contributed by atoms with Crippen LogP contribution < -0.4 is 5.56 Å². The Labute approximate surface area is 89.8 Å². The van der Waals surface area contributed by atoms with Gasteiger partial charge < -0.3 is 4.98 Å². The van der Waals surface area contributed by atoms with Crippen molar-refractivity contribution in [3.63, 3.8) is 0 Å². The number of pyridine rings is 1. The van der Waals surface area contributed by atoms with Crippen molar-refractivity contribution < 1.29 is 0 Å². The molecule has 13 heavy (non-hydrogen) atoms. The summed E-state index contributed by atoms with van der Waals surface area (Å²) in [6, 6.07) is 1.64. The van der Waals surface area contributed by atoms with Crippen molar-refractivity contribution in [2.75, 3.05) is 5.33 Å². The van der Waals surface area contributed by atoms with E-state index in [4.69, 9.17) is 11.6 Å². The molecule has 0 aliphatic carbocycles. The third-order valence-electron chi connectivity index (χ3n) is 1.47. The number of H-pyrrole nitrogens is 1. The predicted octanol–water partition coefficient (Wildman–Crippen LogP) is 2.83. The van der Waals surface area contributed by atoms with Gasteiger partial charge in [-0.1, -0.05) is 39.7 Å². The summed E-state index contributed by atoms with van der Waals surface area (Å²) in [7, 11) is 0. The second-order valence-corrected chi connectivity index (χ2v) is 3.71. The average molecular weight is 263 g/mol. The van der Waals surface area contributed by atoms with Crippen molar-refractivity contribution in [3.05, 3.63) is 39.3 Å². The van der Waals surface area contributed by atoms with E-state index in [1.165, 1.54) is 6.20 Å². The van der Waals surface area contributed by atoms with Gasteiger partial charge >= 0.3 is 0 Å². The maximum atomic E-state index is 11.2. The molecule has 4 heteroatoms. The van der Waals surface area contributed by atoms with Gasteiger partial charge in [-0.2, -0.15) is 0 Å². The molecule has 1 aromatic rings. The van der Waals surface area contributed by atoms with Gasteiger partial charge in [-0.15, -0.1) is 0 Å². The van der Waals surface area contributed by atoms with Gasteiger partial charge in [0.25, 0.3) is 5.56 Å². The summed E-state index contributed by atoms with van der Waals surface area (Å²) < 4.78 is 0. The zero-order valence-electron chi connectivity index (χ0n) is 6.89. The third-order valence-corrected chi connectivity index (χ3v) is 2.15. The van der Waals surface area contributed by atoms with Crippen LogP contribution in [0.4, 0.5) is 0 Å². The van der Waals surface area contributed by atoms with E-state index in [1.807, 2.05) is 6.08 Å². The van der Waals surface area contributed by atoms with Gasteiger partial charge in [0.2, 0.25) is 0 Å². The molecule has 0 aromatic carbocycles. The molecule has 0 saturated heterocycles. The number of hydrogen-bond donors (Lipinski definition) is 1. The summed E-state index contributed by atoms with van der Waals surface area (Å²) in [6.07, 6.45) is 6.07. The Balaban J connectivity index is 2.87. The van der Waals surface area contributed by atoms with Crippen molar-refractivity contribution in [2.24, 2.45) is 0 Å². The topological polar surface area (TPSA) is 32.9 Å².